The topological polar surface area (TPSA) is 77.8 Å². The van der Waals surface area contributed by atoms with Crippen LogP contribution in [0.5, 0.6) is 0 Å². The molecule has 5 heteroatoms. The highest BCUT2D eigenvalue weighted by Gasteiger charge is 2.41. The maximum atomic E-state index is 12.5. The summed E-state index contributed by atoms with van der Waals surface area (Å²) in [6, 6.07) is -0.159. The van der Waals surface area contributed by atoms with Crippen LogP contribution in [-0.2, 0) is 9.59 Å². The van der Waals surface area contributed by atoms with Gasteiger partial charge >= 0.3 is 5.97 Å². The SMILES string of the molecule is CC1CCN(C(=O)C2CC=CCC2C(=O)O)C1CO. The lowest BCUT2D eigenvalue weighted by Gasteiger charge is -2.32. The summed E-state index contributed by atoms with van der Waals surface area (Å²) < 4.78 is 0. The summed E-state index contributed by atoms with van der Waals surface area (Å²) in [5.74, 6) is -1.86. The van der Waals surface area contributed by atoms with Gasteiger partial charge in [0.2, 0.25) is 5.91 Å². The lowest BCUT2D eigenvalue weighted by atomic mass is 9.82. The van der Waals surface area contributed by atoms with Crippen LogP contribution in [0.4, 0.5) is 0 Å². The fourth-order valence-electron chi connectivity index (χ4n) is 3.13. The molecule has 19 heavy (non-hydrogen) atoms. The van der Waals surface area contributed by atoms with Crippen molar-refractivity contribution in [2.75, 3.05) is 13.2 Å². The predicted octanol–water partition coefficient (Wildman–Crippen LogP) is 0.883. The summed E-state index contributed by atoms with van der Waals surface area (Å²) in [5.41, 5.74) is 0. The molecule has 106 valence electrons. The minimum atomic E-state index is -0.907. The number of hydrogen-bond donors (Lipinski definition) is 2. The van der Waals surface area contributed by atoms with E-state index in [4.69, 9.17) is 0 Å². The molecule has 2 aliphatic rings. The van der Waals surface area contributed by atoms with Crippen molar-refractivity contribution in [3.63, 3.8) is 0 Å². The molecule has 2 N–H and O–H groups in total. The van der Waals surface area contributed by atoms with Gasteiger partial charge < -0.3 is 15.1 Å². The van der Waals surface area contributed by atoms with E-state index in [1.54, 1.807) is 4.90 Å². The quantitative estimate of drug-likeness (QED) is 0.744. The number of carbonyl (C=O) groups is 2. The number of nitrogens with zero attached hydrogens (tertiary/aromatic N) is 1. The lowest BCUT2D eigenvalue weighted by Crippen LogP contribution is -2.46. The Morgan fingerprint density at radius 3 is 2.47 bits per heavy atom. The Morgan fingerprint density at radius 2 is 1.89 bits per heavy atom. The molecule has 0 bridgehead atoms. The van der Waals surface area contributed by atoms with Crippen LogP contribution in [0.25, 0.3) is 0 Å². The van der Waals surface area contributed by atoms with E-state index in [1.165, 1.54) is 0 Å². The number of aliphatic carboxylic acids is 1. The molecule has 1 saturated heterocycles. The second-order valence-corrected chi connectivity index (χ2v) is 5.54. The van der Waals surface area contributed by atoms with Crippen molar-refractivity contribution in [3.8, 4) is 0 Å². The Morgan fingerprint density at radius 1 is 1.26 bits per heavy atom. The van der Waals surface area contributed by atoms with Gasteiger partial charge in [0.1, 0.15) is 0 Å². The highest BCUT2D eigenvalue weighted by molar-refractivity contribution is 5.85. The Bertz CT molecular complexity index is 393. The Balaban J connectivity index is 2.14. The molecule has 1 aliphatic carbocycles. The van der Waals surface area contributed by atoms with E-state index >= 15 is 0 Å². The fraction of sp³-hybridized carbons (Fsp3) is 0.714. The first-order valence-corrected chi connectivity index (χ1v) is 6.85. The molecule has 1 fully saturated rings. The zero-order valence-corrected chi connectivity index (χ0v) is 11.2. The number of allylic oxidation sites excluding steroid dienone is 2. The first-order chi connectivity index (χ1) is 9.06. The summed E-state index contributed by atoms with van der Waals surface area (Å²) >= 11 is 0. The van der Waals surface area contributed by atoms with Crippen LogP contribution in [-0.4, -0.2) is 46.2 Å². The van der Waals surface area contributed by atoms with Crippen LogP contribution >= 0.6 is 0 Å². The molecule has 1 amide bonds. The number of hydrogen-bond acceptors (Lipinski definition) is 3. The van der Waals surface area contributed by atoms with Crippen LogP contribution in [0.3, 0.4) is 0 Å². The summed E-state index contributed by atoms with van der Waals surface area (Å²) in [6.45, 7) is 2.59. The number of carbonyl (C=O) groups excluding carboxylic acids is 1. The molecule has 5 nitrogen and oxygen atoms in total. The first-order valence-electron chi connectivity index (χ1n) is 6.85. The van der Waals surface area contributed by atoms with Gasteiger partial charge in [0.25, 0.3) is 0 Å². The molecule has 0 aromatic heterocycles. The van der Waals surface area contributed by atoms with E-state index in [0.717, 1.165) is 6.42 Å². The average Bonchev–Trinajstić information content (AvgIpc) is 2.78. The normalized spacial score (nSPS) is 34.5. The summed E-state index contributed by atoms with van der Waals surface area (Å²) in [6.07, 6.45) is 5.49. The van der Waals surface area contributed by atoms with Gasteiger partial charge in [0.15, 0.2) is 0 Å². The van der Waals surface area contributed by atoms with Crippen molar-refractivity contribution in [3.05, 3.63) is 12.2 Å². The highest BCUT2D eigenvalue weighted by Crippen LogP contribution is 2.32. The largest absolute Gasteiger partial charge is 0.481 e. The van der Waals surface area contributed by atoms with E-state index in [0.29, 0.717) is 19.4 Å². The first kappa shape index (κ1) is 14.1. The van der Waals surface area contributed by atoms with E-state index in [9.17, 15) is 19.8 Å². The monoisotopic (exact) mass is 267 g/mol. The van der Waals surface area contributed by atoms with Crippen LogP contribution < -0.4 is 0 Å². The van der Waals surface area contributed by atoms with Crippen molar-refractivity contribution in [1.82, 2.24) is 4.90 Å². The third-order valence-electron chi connectivity index (χ3n) is 4.42. The number of aliphatic hydroxyl groups is 1. The Labute approximate surface area is 112 Å². The Hall–Kier alpha value is -1.36. The fourth-order valence-corrected chi connectivity index (χ4v) is 3.13. The predicted molar refractivity (Wildman–Crippen MR) is 69.4 cm³/mol. The van der Waals surface area contributed by atoms with Crippen LogP contribution in [0, 0.1) is 17.8 Å². The number of rotatable bonds is 3. The van der Waals surface area contributed by atoms with Crippen LogP contribution in [0.15, 0.2) is 12.2 Å². The summed E-state index contributed by atoms with van der Waals surface area (Å²) in [5, 5.41) is 18.6. The van der Waals surface area contributed by atoms with E-state index < -0.39 is 17.8 Å². The molecular formula is C14H21NO4. The van der Waals surface area contributed by atoms with Crippen molar-refractivity contribution in [1.29, 1.82) is 0 Å². The zero-order valence-electron chi connectivity index (χ0n) is 11.2. The molecule has 4 atom stereocenters. The van der Waals surface area contributed by atoms with Crippen molar-refractivity contribution < 1.29 is 19.8 Å². The molecule has 2 rings (SSSR count). The number of amides is 1. The highest BCUT2D eigenvalue weighted by atomic mass is 16.4. The smallest absolute Gasteiger partial charge is 0.307 e. The second-order valence-electron chi connectivity index (χ2n) is 5.54. The number of carboxylic acid groups (broad SMARTS) is 1. The minimum absolute atomic E-state index is 0.0484. The number of aliphatic hydroxyl groups excluding tert-OH is 1. The van der Waals surface area contributed by atoms with Crippen molar-refractivity contribution in [2.24, 2.45) is 17.8 Å². The maximum absolute atomic E-state index is 12.5. The van der Waals surface area contributed by atoms with Crippen LogP contribution in [0.1, 0.15) is 26.2 Å². The molecule has 0 radical (unpaired) electrons. The van der Waals surface area contributed by atoms with Crippen molar-refractivity contribution in [2.45, 2.75) is 32.2 Å². The average molecular weight is 267 g/mol. The summed E-state index contributed by atoms with van der Waals surface area (Å²) in [7, 11) is 0. The zero-order chi connectivity index (χ0) is 14.0. The van der Waals surface area contributed by atoms with Gasteiger partial charge in [-0.2, -0.15) is 0 Å². The molecule has 0 aromatic carbocycles. The van der Waals surface area contributed by atoms with Crippen molar-refractivity contribution >= 4 is 11.9 Å². The van der Waals surface area contributed by atoms with Gasteiger partial charge in [-0.1, -0.05) is 19.1 Å². The molecule has 0 aromatic rings. The molecule has 1 heterocycles. The maximum Gasteiger partial charge on any atom is 0.307 e. The third-order valence-corrected chi connectivity index (χ3v) is 4.42. The van der Waals surface area contributed by atoms with Gasteiger partial charge in [-0.3, -0.25) is 9.59 Å². The molecule has 0 spiro atoms. The third kappa shape index (κ3) is 2.66. The molecule has 0 saturated carbocycles. The van der Waals surface area contributed by atoms with E-state index in [-0.39, 0.29) is 24.5 Å². The number of likely N-dealkylation sites (tertiary alicyclic amines) is 1. The Kier molecular flexibility index (Phi) is 4.24. The summed E-state index contributed by atoms with van der Waals surface area (Å²) in [4.78, 5) is 25.5. The van der Waals surface area contributed by atoms with Gasteiger partial charge in [-0.05, 0) is 25.2 Å². The second kappa shape index (κ2) is 5.74. The molecule has 1 aliphatic heterocycles. The van der Waals surface area contributed by atoms with Gasteiger partial charge in [0, 0.05) is 6.54 Å². The van der Waals surface area contributed by atoms with E-state index in [1.807, 2.05) is 19.1 Å². The van der Waals surface area contributed by atoms with Gasteiger partial charge in [-0.25, -0.2) is 0 Å². The van der Waals surface area contributed by atoms with Crippen LogP contribution in [0.2, 0.25) is 0 Å². The molecule has 4 unspecified atom stereocenters. The van der Waals surface area contributed by atoms with Gasteiger partial charge in [-0.15, -0.1) is 0 Å². The number of carboxylic acids is 1. The van der Waals surface area contributed by atoms with Gasteiger partial charge in [0.05, 0.1) is 24.5 Å². The molecular weight excluding hydrogens is 246 g/mol. The standard InChI is InChI=1S/C14H21NO4/c1-9-6-7-15(12(9)8-16)13(17)10-4-2-3-5-11(10)14(18)19/h2-3,9-12,16H,4-8H2,1H3,(H,18,19). The minimum Gasteiger partial charge on any atom is -0.481 e. The lowest BCUT2D eigenvalue weighted by molar-refractivity contribution is -0.151. The van der Waals surface area contributed by atoms with E-state index in [2.05, 4.69) is 0 Å².